The van der Waals surface area contributed by atoms with Gasteiger partial charge >= 0.3 is 0 Å². The van der Waals surface area contributed by atoms with Crippen LogP contribution in [0.4, 0.5) is 5.69 Å². The van der Waals surface area contributed by atoms with Gasteiger partial charge in [0.05, 0.1) is 17.7 Å². The van der Waals surface area contributed by atoms with Gasteiger partial charge in [0, 0.05) is 18.6 Å². The zero-order valence-corrected chi connectivity index (χ0v) is 23.6. The second-order valence-electron chi connectivity index (χ2n) is 8.90. The minimum atomic E-state index is -4.20. The molecule has 1 atom stereocenters. The first kappa shape index (κ1) is 29.0. The van der Waals surface area contributed by atoms with Gasteiger partial charge in [-0.2, -0.15) is 0 Å². The molecule has 0 bridgehead atoms. The molecular formula is C28H32ClN3O5S. The Morgan fingerprint density at radius 1 is 1.00 bits per heavy atom. The highest BCUT2D eigenvalue weighted by Gasteiger charge is 2.33. The Morgan fingerprint density at radius 2 is 1.63 bits per heavy atom. The maximum Gasteiger partial charge on any atom is 0.264 e. The summed E-state index contributed by atoms with van der Waals surface area (Å²) in [5.41, 5.74) is 2.51. The molecule has 8 nitrogen and oxygen atoms in total. The lowest BCUT2D eigenvalue weighted by Crippen LogP contribution is -2.50. The summed E-state index contributed by atoms with van der Waals surface area (Å²) in [5.74, 6) is -0.692. The number of aryl methyl sites for hydroxylation is 2. The lowest BCUT2D eigenvalue weighted by molar-refractivity contribution is -0.139. The van der Waals surface area contributed by atoms with E-state index in [1.807, 2.05) is 13.8 Å². The molecule has 202 valence electrons. The van der Waals surface area contributed by atoms with Gasteiger partial charge in [0.15, 0.2) is 0 Å². The molecule has 0 fully saturated rings. The predicted molar refractivity (Wildman–Crippen MR) is 149 cm³/mol. The quantitative estimate of drug-likeness (QED) is 0.400. The molecular weight excluding hydrogens is 526 g/mol. The molecule has 0 aromatic heterocycles. The Bertz CT molecular complexity index is 1410. The maximum atomic E-state index is 14.0. The molecule has 1 unspecified atom stereocenters. The summed E-state index contributed by atoms with van der Waals surface area (Å²) in [6.07, 6.45) is 0. The van der Waals surface area contributed by atoms with E-state index in [0.717, 1.165) is 15.4 Å². The molecule has 38 heavy (non-hydrogen) atoms. The first-order valence-corrected chi connectivity index (χ1v) is 13.8. The van der Waals surface area contributed by atoms with Crippen LogP contribution in [0.2, 0.25) is 5.02 Å². The van der Waals surface area contributed by atoms with Gasteiger partial charge in [0.2, 0.25) is 11.8 Å². The Kier molecular flexibility index (Phi) is 9.40. The van der Waals surface area contributed by atoms with Crippen molar-refractivity contribution >= 4 is 39.1 Å². The van der Waals surface area contributed by atoms with Gasteiger partial charge in [0.1, 0.15) is 18.3 Å². The molecule has 3 aromatic rings. The number of halogens is 1. The minimum absolute atomic E-state index is 0.0104. The van der Waals surface area contributed by atoms with Crippen LogP contribution in [0, 0.1) is 13.8 Å². The number of rotatable bonds is 10. The van der Waals surface area contributed by atoms with Crippen molar-refractivity contribution in [1.82, 2.24) is 10.2 Å². The summed E-state index contributed by atoms with van der Waals surface area (Å²) < 4.78 is 34.4. The number of hydrogen-bond acceptors (Lipinski definition) is 5. The number of carbonyl (C=O) groups excluding carboxylic acids is 2. The van der Waals surface area contributed by atoms with Crippen LogP contribution in [0.25, 0.3) is 0 Å². The third-order valence-corrected chi connectivity index (χ3v) is 8.35. The van der Waals surface area contributed by atoms with Gasteiger partial charge < -0.3 is 15.0 Å². The number of amides is 2. The van der Waals surface area contributed by atoms with Crippen LogP contribution in [0.15, 0.2) is 71.6 Å². The lowest BCUT2D eigenvalue weighted by atomic mass is 10.1. The van der Waals surface area contributed by atoms with Crippen LogP contribution in [0.3, 0.4) is 0 Å². The lowest BCUT2D eigenvalue weighted by Gasteiger charge is -2.32. The van der Waals surface area contributed by atoms with E-state index in [0.29, 0.717) is 10.6 Å². The van der Waals surface area contributed by atoms with Crippen molar-refractivity contribution in [3.8, 4) is 5.75 Å². The summed E-state index contributed by atoms with van der Waals surface area (Å²) in [6, 6.07) is 17.6. The molecule has 0 saturated heterocycles. The van der Waals surface area contributed by atoms with E-state index in [2.05, 4.69) is 5.32 Å². The average molecular weight is 558 g/mol. The molecule has 3 aromatic carbocycles. The zero-order valence-electron chi connectivity index (χ0n) is 22.1. The second kappa shape index (κ2) is 12.3. The average Bonchev–Trinajstić information content (AvgIpc) is 2.90. The molecule has 3 rings (SSSR count). The van der Waals surface area contributed by atoms with Crippen molar-refractivity contribution in [2.45, 2.75) is 38.3 Å². The van der Waals surface area contributed by atoms with Crippen molar-refractivity contribution in [3.05, 3.63) is 88.4 Å². The van der Waals surface area contributed by atoms with Gasteiger partial charge in [-0.3, -0.25) is 13.9 Å². The summed E-state index contributed by atoms with van der Waals surface area (Å²) in [7, 11) is -1.29. The highest BCUT2D eigenvalue weighted by atomic mass is 35.5. The van der Waals surface area contributed by atoms with Crippen molar-refractivity contribution in [3.63, 3.8) is 0 Å². The zero-order chi connectivity index (χ0) is 28.0. The number of likely N-dealkylation sites (N-methyl/N-ethyl adjacent to an activating group) is 1. The van der Waals surface area contributed by atoms with E-state index in [4.69, 9.17) is 16.3 Å². The Balaban J connectivity index is 2.12. The Labute approximate surface area is 229 Å². The maximum absolute atomic E-state index is 14.0. The Hall–Kier alpha value is -3.56. The standard InChI is InChI=1S/C28H32ClN3O5S/c1-19-10-13-23(14-11-19)38(35,36)32(25-16-20(2)12-15-26(25)37-5)18-27(33)31(21(3)28(34)30-4)17-22-8-6-7-9-24(22)29/h6-16,21H,17-18H2,1-5H3,(H,30,34). The molecule has 0 aliphatic heterocycles. The van der Waals surface area contributed by atoms with E-state index < -0.39 is 34.4 Å². The SMILES string of the molecule is CNC(=O)C(C)N(Cc1ccccc1Cl)C(=O)CN(c1cc(C)ccc1OC)S(=O)(=O)c1ccc(C)cc1. The summed E-state index contributed by atoms with van der Waals surface area (Å²) >= 11 is 6.35. The van der Waals surface area contributed by atoms with Gasteiger partial charge in [-0.15, -0.1) is 0 Å². The summed E-state index contributed by atoms with van der Waals surface area (Å²) in [6.45, 7) is 4.70. The topological polar surface area (TPSA) is 96.0 Å². The molecule has 0 radical (unpaired) electrons. The summed E-state index contributed by atoms with van der Waals surface area (Å²) in [5, 5.41) is 2.98. The predicted octanol–water partition coefficient (Wildman–Crippen LogP) is 4.32. The number of nitrogens with zero attached hydrogens (tertiary/aromatic N) is 2. The van der Waals surface area contributed by atoms with Crippen molar-refractivity contribution in [2.24, 2.45) is 0 Å². The van der Waals surface area contributed by atoms with Gasteiger partial charge in [0.25, 0.3) is 10.0 Å². The van der Waals surface area contributed by atoms with Crippen molar-refractivity contribution < 1.29 is 22.7 Å². The first-order chi connectivity index (χ1) is 18.0. The third-order valence-electron chi connectivity index (χ3n) is 6.20. The van der Waals surface area contributed by atoms with Gasteiger partial charge in [-0.05, 0) is 62.2 Å². The molecule has 0 saturated carbocycles. The third kappa shape index (κ3) is 6.46. The van der Waals surface area contributed by atoms with E-state index in [1.54, 1.807) is 61.5 Å². The van der Waals surface area contributed by atoms with Crippen LogP contribution in [-0.2, 0) is 26.2 Å². The highest BCUT2D eigenvalue weighted by molar-refractivity contribution is 7.92. The normalized spacial score (nSPS) is 11.9. The van der Waals surface area contributed by atoms with Crippen LogP contribution in [0.1, 0.15) is 23.6 Å². The van der Waals surface area contributed by atoms with Gasteiger partial charge in [-0.25, -0.2) is 8.42 Å². The molecule has 2 amide bonds. The van der Waals surface area contributed by atoms with E-state index in [-0.39, 0.29) is 22.9 Å². The number of hydrogen-bond donors (Lipinski definition) is 1. The fourth-order valence-corrected chi connectivity index (χ4v) is 5.56. The minimum Gasteiger partial charge on any atom is -0.495 e. The molecule has 0 aliphatic rings. The number of anilines is 1. The van der Waals surface area contributed by atoms with E-state index in [1.165, 1.54) is 31.2 Å². The number of carbonyl (C=O) groups is 2. The fraction of sp³-hybridized carbons (Fsp3) is 0.286. The van der Waals surface area contributed by atoms with Crippen LogP contribution < -0.4 is 14.4 Å². The number of nitrogens with one attached hydrogen (secondary N) is 1. The van der Waals surface area contributed by atoms with Crippen molar-refractivity contribution in [1.29, 1.82) is 0 Å². The first-order valence-electron chi connectivity index (χ1n) is 12.0. The van der Waals surface area contributed by atoms with Crippen LogP contribution in [-0.4, -0.2) is 51.9 Å². The fourth-order valence-electron chi connectivity index (χ4n) is 3.95. The van der Waals surface area contributed by atoms with Gasteiger partial charge in [-0.1, -0.05) is 53.6 Å². The largest absolute Gasteiger partial charge is 0.495 e. The smallest absolute Gasteiger partial charge is 0.264 e. The number of sulfonamides is 1. The molecule has 0 aliphatic carbocycles. The van der Waals surface area contributed by atoms with Crippen LogP contribution in [0.5, 0.6) is 5.75 Å². The molecule has 10 heteroatoms. The molecule has 0 spiro atoms. The monoisotopic (exact) mass is 557 g/mol. The molecule has 1 N–H and O–H groups in total. The van der Waals surface area contributed by atoms with E-state index >= 15 is 0 Å². The second-order valence-corrected chi connectivity index (χ2v) is 11.2. The summed E-state index contributed by atoms with van der Waals surface area (Å²) in [4.78, 5) is 27.8. The number of benzene rings is 3. The highest BCUT2D eigenvalue weighted by Crippen LogP contribution is 2.34. The van der Waals surface area contributed by atoms with E-state index in [9.17, 15) is 18.0 Å². The number of ether oxygens (including phenoxy) is 1. The molecule has 0 heterocycles. The Morgan fingerprint density at radius 3 is 2.24 bits per heavy atom. The van der Waals surface area contributed by atoms with Crippen molar-refractivity contribution in [2.75, 3.05) is 25.0 Å². The van der Waals surface area contributed by atoms with Crippen LogP contribution >= 0.6 is 11.6 Å². The number of methoxy groups -OCH3 is 1.